The van der Waals surface area contributed by atoms with Gasteiger partial charge in [-0.15, -0.1) is 0 Å². The van der Waals surface area contributed by atoms with E-state index in [0.29, 0.717) is 5.76 Å². The number of furan rings is 1. The first-order valence-corrected chi connectivity index (χ1v) is 5.44. The molecule has 0 spiro atoms. The number of ketones is 1. The van der Waals surface area contributed by atoms with E-state index < -0.39 is 0 Å². The molecule has 0 saturated heterocycles. The SMILES string of the molecule is CC(N)CCCC(C)C(=O)c1ccco1. The van der Waals surface area contributed by atoms with E-state index in [2.05, 4.69) is 0 Å². The molecule has 1 aromatic heterocycles. The standard InChI is InChI=1S/C12H19NO2/c1-9(5-3-6-10(2)13)12(14)11-7-4-8-15-11/h4,7-10H,3,5-6,13H2,1-2H3. The van der Waals surface area contributed by atoms with Crippen LogP contribution in [0.2, 0.25) is 0 Å². The second kappa shape index (κ2) is 5.71. The molecule has 2 unspecified atom stereocenters. The van der Waals surface area contributed by atoms with E-state index in [1.807, 2.05) is 13.8 Å². The second-order valence-electron chi connectivity index (χ2n) is 4.15. The van der Waals surface area contributed by atoms with Gasteiger partial charge in [0.05, 0.1) is 6.26 Å². The van der Waals surface area contributed by atoms with Crippen LogP contribution in [0, 0.1) is 5.92 Å². The predicted molar refractivity (Wildman–Crippen MR) is 59.7 cm³/mol. The average molecular weight is 209 g/mol. The summed E-state index contributed by atoms with van der Waals surface area (Å²) < 4.78 is 5.07. The van der Waals surface area contributed by atoms with Crippen LogP contribution in [0.3, 0.4) is 0 Å². The molecule has 0 radical (unpaired) electrons. The zero-order valence-electron chi connectivity index (χ0n) is 9.40. The number of carbonyl (C=O) groups is 1. The van der Waals surface area contributed by atoms with Gasteiger partial charge in [-0.3, -0.25) is 4.79 Å². The minimum atomic E-state index is 0.0231. The normalized spacial score (nSPS) is 14.9. The van der Waals surface area contributed by atoms with E-state index in [-0.39, 0.29) is 17.7 Å². The van der Waals surface area contributed by atoms with Crippen molar-refractivity contribution in [1.29, 1.82) is 0 Å². The van der Waals surface area contributed by atoms with Crippen molar-refractivity contribution < 1.29 is 9.21 Å². The molecule has 1 aromatic rings. The first-order valence-electron chi connectivity index (χ1n) is 5.44. The summed E-state index contributed by atoms with van der Waals surface area (Å²) in [5.41, 5.74) is 5.65. The zero-order chi connectivity index (χ0) is 11.3. The molecular weight excluding hydrogens is 190 g/mol. The van der Waals surface area contributed by atoms with Gasteiger partial charge in [0.25, 0.3) is 0 Å². The third kappa shape index (κ3) is 3.88. The molecule has 0 saturated carbocycles. The molecule has 15 heavy (non-hydrogen) atoms. The third-order valence-electron chi connectivity index (χ3n) is 2.51. The Morgan fingerprint density at radius 2 is 2.20 bits per heavy atom. The van der Waals surface area contributed by atoms with Gasteiger partial charge in [0.1, 0.15) is 0 Å². The number of carbonyl (C=O) groups excluding carboxylic acids is 1. The number of Topliss-reactive ketones (excluding diaryl/α,β-unsaturated/α-hetero) is 1. The van der Waals surface area contributed by atoms with Gasteiger partial charge < -0.3 is 10.2 Å². The van der Waals surface area contributed by atoms with Gasteiger partial charge in [-0.25, -0.2) is 0 Å². The molecule has 84 valence electrons. The summed E-state index contributed by atoms with van der Waals surface area (Å²) in [5.74, 6) is 0.572. The first kappa shape index (κ1) is 12.0. The molecule has 2 N–H and O–H groups in total. The Morgan fingerprint density at radius 1 is 1.47 bits per heavy atom. The van der Waals surface area contributed by atoms with Gasteiger partial charge in [0.2, 0.25) is 5.78 Å². The highest BCUT2D eigenvalue weighted by atomic mass is 16.3. The van der Waals surface area contributed by atoms with Crippen LogP contribution < -0.4 is 5.73 Å². The number of hydrogen-bond donors (Lipinski definition) is 1. The van der Waals surface area contributed by atoms with Crippen LogP contribution in [0.1, 0.15) is 43.7 Å². The molecule has 0 fully saturated rings. The molecule has 3 heteroatoms. The Balaban J connectivity index is 2.34. The molecule has 1 rings (SSSR count). The molecule has 0 aliphatic carbocycles. The maximum atomic E-state index is 11.8. The molecule has 0 amide bonds. The second-order valence-corrected chi connectivity index (χ2v) is 4.15. The van der Waals surface area contributed by atoms with Crippen LogP contribution in [-0.2, 0) is 0 Å². The summed E-state index contributed by atoms with van der Waals surface area (Å²) in [5, 5.41) is 0. The van der Waals surface area contributed by atoms with Crippen molar-refractivity contribution in [3.63, 3.8) is 0 Å². The van der Waals surface area contributed by atoms with Gasteiger partial charge in [-0.1, -0.05) is 13.3 Å². The van der Waals surface area contributed by atoms with Crippen LogP contribution >= 0.6 is 0 Å². The lowest BCUT2D eigenvalue weighted by molar-refractivity contribution is 0.0893. The van der Waals surface area contributed by atoms with E-state index in [1.165, 1.54) is 6.26 Å². The van der Waals surface area contributed by atoms with E-state index in [9.17, 15) is 4.79 Å². The highest BCUT2D eigenvalue weighted by Gasteiger charge is 2.17. The molecule has 2 atom stereocenters. The summed E-state index contributed by atoms with van der Waals surface area (Å²) in [6.45, 7) is 3.92. The molecule has 0 aliphatic rings. The molecule has 3 nitrogen and oxygen atoms in total. The number of nitrogens with two attached hydrogens (primary N) is 1. The van der Waals surface area contributed by atoms with Crippen molar-refractivity contribution in [3.8, 4) is 0 Å². The summed E-state index contributed by atoms with van der Waals surface area (Å²) in [4.78, 5) is 11.8. The lowest BCUT2D eigenvalue weighted by Gasteiger charge is -2.09. The van der Waals surface area contributed by atoms with Gasteiger partial charge in [-0.05, 0) is 31.9 Å². The number of hydrogen-bond acceptors (Lipinski definition) is 3. The van der Waals surface area contributed by atoms with Crippen molar-refractivity contribution in [3.05, 3.63) is 24.2 Å². The minimum Gasteiger partial charge on any atom is -0.461 e. The van der Waals surface area contributed by atoms with Crippen LogP contribution in [0.4, 0.5) is 0 Å². The topological polar surface area (TPSA) is 56.2 Å². The summed E-state index contributed by atoms with van der Waals surface area (Å²) in [6.07, 6.45) is 4.37. The Kier molecular flexibility index (Phi) is 4.56. The fraction of sp³-hybridized carbons (Fsp3) is 0.583. The van der Waals surface area contributed by atoms with Crippen molar-refractivity contribution in [2.45, 2.75) is 39.2 Å². The van der Waals surface area contributed by atoms with E-state index in [4.69, 9.17) is 10.2 Å². The molecule has 1 heterocycles. The van der Waals surface area contributed by atoms with Crippen molar-refractivity contribution in [2.24, 2.45) is 11.7 Å². The van der Waals surface area contributed by atoms with Gasteiger partial charge in [0.15, 0.2) is 5.76 Å². The highest BCUT2D eigenvalue weighted by molar-refractivity contribution is 5.94. The largest absolute Gasteiger partial charge is 0.461 e. The van der Waals surface area contributed by atoms with Crippen LogP contribution in [0.15, 0.2) is 22.8 Å². The summed E-state index contributed by atoms with van der Waals surface area (Å²) in [7, 11) is 0. The Hall–Kier alpha value is -1.09. The van der Waals surface area contributed by atoms with Crippen LogP contribution in [0.25, 0.3) is 0 Å². The van der Waals surface area contributed by atoms with Crippen LogP contribution in [0.5, 0.6) is 0 Å². The highest BCUT2D eigenvalue weighted by Crippen LogP contribution is 2.15. The van der Waals surface area contributed by atoms with Gasteiger partial charge in [0, 0.05) is 12.0 Å². The minimum absolute atomic E-state index is 0.0231. The fourth-order valence-corrected chi connectivity index (χ4v) is 1.54. The average Bonchev–Trinajstić information content (AvgIpc) is 2.68. The lowest BCUT2D eigenvalue weighted by atomic mass is 9.97. The zero-order valence-corrected chi connectivity index (χ0v) is 9.40. The third-order valence-corrected chi connectivity index (χ3v) is 2.51. The lowest BCUT2D eigenvalue weighted by Crippen LogP contribution is -2.16. The summed E-state index contributed by atoms with van der Waals surface area (Å²) in [6, 6.07) is 3.67. The molecule has 0 aliphatic heterocycles. The first-order chi connectivity index (χ1) is 7.11. The van der Waals surface area contributed by atoms with Crippen molar-refractivity contribution >= 4 is 5.78 Å². The Labute approximate surface area is 90.6 Å². The van der Waals surface area contributed by atoms with E-state index >= 15 is 0 Å². The fourth-order valence-electron chi connectivity index (χ4n) is 1.54. The monoisotopic (exact) mass is 209 g/mol. The van der Waals surface area contributed by atoms with Gasteiger partial charge in [-0.2, -0.15) is 0 Å². The summed E-state index contributed by atoms with van der Waals surface area (Å²) >= 11 is 0. The quantitative estimate of drug-likeness (QED) is 0.733. The van der Waals surface area contributed by atoms with Crippen molar-refractivity contribution in [1.82, 2.24) is 0 Å². The Morgan fingerprint density at radius 3 is 2.73 bits per heavy atom. The van der Waals surface area contributed by atoms with E-state index in [1.54, 1.807) is 12.1 Å². The molecule has 0 bridgehead atoms. The molecule has 0 aromatic carbocycles. The Bertz CT molecular complexity index is 291. The van der Waals surface area contributed by atoms with Gasteiger partial charge >= 0.3 is 0 Å². The predicted octanol–water partition coefficient (Wildman–Crippen LogP) is 2.62. The molecular formula is C12H19NO2. The van der Waals surface area contributed by atoms with Crippen molar-refractivity contribution in [2.75, 3.05) is 0 Å². The smallest absolute Gasteiger partial charge is 0.200 e. The van der Waals surface area contributed by atoms with E-state index in [0.717, 1.165) is 19.3 Å². The van der Waals surface area contributed by atoms with Crippen LogP contribution in [-0.4, -0.2) is 11.8 Å². The number of rotatable bonds is 6. The maximum Gasteiger partial charge on any atom is 0.200 e. The maximum absolute atomic E-state index is 11.8.